The molecule has 0 saturated heterocycles. The molecule has 0 N–H and O–H groups in total. The summed E-state index contributed by atoms with van der Waals surface area (Å²) in [5.74, 6) is 0.896. The Labute approximate surface area is 147 Å². The van der Waals surface area contributed by atoms with Crippen molar-refractivity contribution in [1.29, 1.82) is 0 Å². The van der Waals surface area contributed by atoms with Gasteiger partial charge in [0.15, 0.2) is 0 Å². The number of benzene rings is 2. The molecule has 0 amide bonds. The molecule has 24 heavy (non-hydrogen) atoms. The summed E-state index contributed by atoms with van der Waals surface area (Å²) < 4.78 is 5.65. The molecule has 0 radical (unpaired) electrons. The lowest BCUT2D eigenvalue weighted by Gasteiger charge is -2.22. The Bertz CT molecular complexity index is 846. The molecule has 0 atom stereocenters. The molecule has 0 aliphatic rings. The molecular weight excluding hydrogens is 320 g/mol. The maximum absolute atomic E-state index is 6.19. The fraction of sp³-hybridized carbons (Fsp3) is 0.250. The number of ether oxygens (including phenoxy) is 1. The molecule has 0 saturated carbocycles. The highest BCUT2D eigenvalue weighted by atomic mass is 35.5. The Morgan fingerprint density at radius 2 is 1.83 bits per heavy atom. The summed E-state index contributed by atoms with van der Waals surface area (Å²) in [5.41, 5.74) is 4.10. The zero-order valence-electron chi connectivity index (χ0n) is 14.2. The molecule has 0 aliphatic heterocycles. The first kappa shape index (κ1) is 16.6. The number of rotatable bonds is 5. The van der Waals surface area contributed by atoms with E-state index in [2.05, 4.69) is 42.1 Å². The van der Waals surface area contributed by atoms with Gasteiger partial charge >= 0.3 is 0 Å². The molecular formula is C20H21ClN2O. The lowest BCUT2D eigenvalue weighted by Crippen LogP contribution is -2.10. The van der Waals surface area contributed by atoms with Crippen molar-refractivity contribution >= 4 is 33.9 Å². The number of aromatic nitrogens is 1. The number of pyridine rings is 1. The largest absolute Gasteiger partial charge is 0.494 e. The minimum absolute atomic E-state index is 0.714. The summed E-state index contributed by atoms with van der Waals surface area (Å²) >= 11 is 6.19. The van der Waals surface area contributed by atoms with E-state index in [4.69, 9.17) is 16.3 Å². The van der Waals surface area contributed by atoms with Crippen LogP contribution in [0.4, 0.5) is 11.4 Å². The van der Waals surface area contributed by atoms with Gasteiger partial charge in [-0.3, -0.25) is 4.98 Å². The van der Waals surface area contributed by atoms with Gasteiger partial charge in [-0.15, -0.1) is 0 Å². The van der Waals surface area contributed by atoms with Gasteiger partial charge in [0.1, 0.15) is 5.75 Å². The van der Waals surface area contributed by atoms with E-state index in [1.807, 2.05) is 37.3 Å². The predicted molar refractivity (Wildman–Crippen MR) is 102 cm³/mol. The van der Waals surface area contributed by atoms with Crippen LogP contribution in [0.3, 0.4) is 0 Å². The van der Waals surface area contributed by atoms with Crippen molar-refractivity contribution in [3.8, 4) is 5.75 Å². The van der Waals surface area contributed by atoms with Crippen LogP contribution in [0.5, 0.6) is 5.75 Å². The smallest absolute Gasteiger partial charge is 0.119 e. The van der Waals surface area contributed by atoms with Gasteiger partial charge < -0.3 is 9.64 Å². The van der Waals surface area contributed by atoms with Gasteiger partial charge in [-0.25, -0.2) is 0 Å². The lowest BCUT2D eigenvalue weighted by molar-refractivity contribution is 0.317. The van der Waals surface area contributed by atoms with Crippen molar-refractivity contribution in [2.75, 3.05) is 18.6 Å². The molecule has 0 unspecified atom stereocenters. The Morgan fingerprint density at radius 3 is 2.54 bits per heavy atom. The molecule has 3 rings (SSSR count). The highest BCUT2D eigenvalue weighted by Crippen LogP contribution is 2.33. The summed E-state index contributed by atoms with van der Waals surface area (Å²) in [7, 11) is 2.05. The fourth-order valence-electron chi connectivity index (χ4n) is 2.71. The van der Waals surface area contributed by atoms with Crippen molar-refractivity contribution in [1.82, 2.24) is 4.98 Å². The van der Waals surface area contributed by atoms with Crippen molar-refractivity contribution in [3.63, 3.8) is 0 Å². The van der Waals surface area contributed by atoms with Crippen molar-refractivity contribution < 1.29 is 4.74 Å². The van der Waals surface area contributed by atoms with E-state index >= 15 is 0 Å². The Balaban J connectivity index is 1.98. The summed E-state index contributed by atoms with van der Waals surface area (Å²) in [5, 5.41) is 1.76. The van der Waals surface area contributed by atoms with Crippen molar-refractivity contribution in [2.24, 2.45) is 0 Å². The average molecular weight is 341 g/mol. The standard InChI is InChI=1S/C20H21ClN2O/c1-4-11-24-17-8-6-16(7-9-17)23(3)20-12-14(2)22-19-10-5-15(21)13-18(19)20/h5-10,12-13H,4,11H2,1-3H3. The van der Waals surface area contributed by atoms with Crippen molar-refractivity contribution in [3.05, 3.63) is 59.2 Å². The Morgan fingerprint density at radius 1 is 1.08 bits per heavy atom. The topological polar surface area (TPSA) is 25.4 Å². The van der Waals surface area contributed by atoms with Crippen LogP contribution in [0.15, 0.2) is 48.5 Å². The monoisotopic (exact) mass is 340 g/mol. The minimum atomic E-state index is 0.714. The number of nitrogens with zero attached hydrogens (tertiary/aromatic N) is 2. The molecule has 4 heteroatoms. The average Bonchev–Trinajstić information content (AvgIpc) is 2.59. The third kappa shape index (κ3) is 3.46. The van der Waals surface area contributed by atoms with Crippen LogP contribution in [-0.4, -0.2) is 18.6 Å². The van der Waals surface area contributed by atoms with Crippen LogP contribution >= 0.6 is 11.6 Å². The molecule has 0 bridgehead atoms. The second kappa shape index (κ2) is 7.10. The van der Waals surface area contributed by atoms with Gasteiger partial charge in [0.2, 0.25) is 0 Å². The summed E-state index contributed by atoms with van der Waals surface area (Å²) in [4.78, 5) is 6.75. The second-order valence-corrected chi connectivity index (χ2v) is 6.28. The summed E-state index contributed by atoms with van der Waals surface area (Å²) in [6.07, 6.45) is 1.00. The molecule has 3 aromatic rings. The fourth-order valence-corrected chi connectivity index (χ4v) is 2.88. The van der Waals surface area contributed by atoms with Gasteiger partial charge in [0, 0.05) is 28.8 Å². The molecule has 0 aliphatic carbocycles. The molecule has 0 fully saturated rings. The third-order valence-corrected chi connectivity index (χ3v) is 4.17. The van der Waals surface area contributed by atoms with Gasteiger partial charge in [-0.1, -0.05) is 18.5 Å². The van der Waals surface area contributed by atoms with Crippen LogP contribution in [0.2, 0.25) is 5.02 Å². The maximum atomic E-state index is 6.19. The SMILES string of the molecule is CCCOc1ccc(N(C)c2cc(C)nc3ccc(Cl)cc23)cc1. The Kier molecular flexibility index (Phi) is 4.91. The second-order valence-electron chi connectivity index (χ2n) is 5.85. The lowest BCUT2D eigenvalue weighted by atomic mass is 10.1. The molecule has 2 aromatic carbocycles. The number of hydrogen-bond donors (Lipinski definition) is 0. The highest BCUT2D eigenvalue weighted by molar-refractivity contribution is 6.31. The van der Waals surface area contributed by atoms with E-state index in [0.717, 1.165) is 46.7 Å². The van der Waals surface area contributed by atoms with E-state index in [9.17, 15) is 0 Å². The zero-order valence-corrected chi connectivity index (χ0v) is 15.0. The van der Waals surface area contributed by atoms with Gasteiger partial charge in [0.05, 0.1) is 17.8 Å². The first-order chi connectivity index (χ1) is 11.6. The van der Waals surface area contributed by atoms with E-state index in [0.29, 0.717) is 5.02 Å². The van der Waals surface area contributed by atoms with Gasteiger partial charge in [0.25, 0.3) is 0 Å². The molecule has 124 valence electrons. The Hall–Kier alpha value is -2.26. The first-order valence-electron chi connectivity index (χ1n) is 8.12. The summed E-state index contributed by atoms with van der Waals surface area (Å²) in [6.45, 7) is 4.85. The van der Waals surface area contributed by atoms with Crippen molar-refractivity contribution in [2.45, 2.75) is 20.3 Å². The van der Waals surface area contributed by atoms with Gasteiger partial charge in [-0.2, -0.15) is 0 Å². The minimum Gasteiger partial charge on any atom is -0.494 e. The summed E-state index contributed by atoms with van der Waals surface area (Å²) in [6, 6.07) is 16.0. The van der Waals surface area contributed by atoms with E-state index < -0.39 is 0 Å². The van der Waals surface area contributed by atoms with Crippen LogP contribution < -0.4 is 9.64 Å². The number of fused-ring (bicyclic) bond motifs is 1. The predicted octanol–water partition coefficient (Wildman–Crippen LogP) is 5.75. The molecule has 3 nitrogen and oxygen atoms in total. The molecule has 1 heterocycles. The number of aryl methyl sites for hydroxylation is 1. The zero-order chi connectivity index (χ0) is 17.1. The molecule has 0 spiro atoms. The quantitative estimate of drug-likeness (QED) is 0.591. The van der Waals surface area contributed by atoms with E-state index in [-0.39, 0.29) is 0 Å². The van der Waals surface area contributed by atoms with Crippen LogP contribution in [0, 0.1) is 6.92 Å². The maximum Gasteiger partial charge on any atom is 0.119 e. The number of halogens is 1. The van der Waals surface area contributed by atoms with Crippen LogP contribution in [0.25, 0.3) is 10.9 Å². The van der Waals surface area contributed by atoms with Crippen LogP contribution in [0.1, 0.15) is 19.0 Å². The molecule has 1 aromatic heterocycles. The highest BCUT2D eigenvalue weighted by Gasteiger charge is 2.11. The number of anilines is 2. The van der Waals surface area contributed by atoms with E-state index in [1.54, 1.807) is 0 Å². The number of hydrogen-bond acceptors (Lipinski definition) is 3. The normalized spacial score (nSPS) is 10.8. The third-order valence-electron chi connectivity index (χ3n) is 3.94. The van der Waals surface area contributed by atoms with E-state index in [1.165, 1.54) is 0 Å². The first-order valence-corrected chi connectivity index (χ1v) is 8.50. The van der Waals surface area contributed by atoms with Gasteiger partial charge in [-0.05, 0) is 61.9 Å². The van der Waals surface area contributed by atoms with Crippen LogP contribution in [-0.2, 0) is 0 Å².